The second-order valence-corrected chi connectivity index (χ2v) is 9.57. The average Bonchev–Trinajstić information content (AvgIpc) is 2.87. The Hall–Kier alpha value is -2.98. The van der Waals surface area contributed by atoms with E-state index < -0.39 is 18.3 Å². The zero-order valence-corrected chi connectivity index (χ0v) is 25.1. The van der Waals surface area contributed by atoms with Crippen LogP contribution >= 0.6 is 11.6 Å². The van der Waals surface area contributed by atoms with E-state index in [1.807, 2.05) is 13.8 Å². The summed E-state index contributed by atoms with van der Waals surface area (Å²) >= 11 is 6.20. The van der Waals surface area contributed by atoms with Crippen LogP contribution in [0.3, 0.4) is 0 Å². The first-order valence-corrected chi connectivity index (χ1v) is 13.8. The molecule has 0 amide bonds. The van der Waals surface area contributed by atoms with Gasteiger partial charge in [0.25, 0.3) is 6.47 Å². The highest BCUT2D eigenvalue weighted by molar-refractivity contribution is 6.31. The summed E-state index contributed by atoms with van der Waals surface area (Å²) in [6.07, 6.45) is 9.16. The Labute approximate surface area is 241 Å². The number of nitrogens with zero attached hydrogens (tertiary/aromatic N) is 1. The van der Waals surface area contributed by atoms with Crippen LogP contribution in [0.25, 0.3) is 0 Å². The lowest BCUT2D eigenvalue weighted by Crippen LogP contribution is -2.50. The van der Waals surface area contributed by atoms with Crippen molar-refractivity contribution in [3.05, 3.63) is 70.9 Å². The van der Waals surface area contributed by atoms with Gasteiger partial charge in [0.1, 0.15) is 11.7 Å². The number of nitrogens with two attached hydrogens (primary N) is 1. The summed E-state index contributed by atoms with van der Waals surface area (Å²) in [4.78, 5) is 12.9. The van der Waals surface area contributed by atoms with Gasteiger partial charge in [-0.3, -0.25) is 4.79 Å². The lowest BCUT2D eigenvalue weighted by molar-refractivity contribution is -0.144. The number of carbonyl (C=O) groups is 1. The number of allylic oxidation sites excluding steroid dienone is 7. The SMILES string of the molecule is C=C1C=C(NCC2(CC)CCC2)N=C(/C(=C\C(Cl)=C/C)C(N/C(=C/C=C\C)C(C)N)C(F)(F)F)N1.CC.O=CO. The highest BCUT2D eigenvalue weighted by atomic mass is 35.5. The van der Waals surface area contributed by atoms with Crippen molar-refractivity contribution in [2.75, 3.05) is 6.54 Å². The van der Waals surface area contributed by atoms with Gasteiger partial charge in [0.05, 0.1) is 0 Å². The van der Waals surface area contributed by atoms with Crippen molar-refractivity contribution in [3.8, 4) is 0 Å². The van der Waals surface area contributed by atoms with Gasteiger partial charge in [-0.05, 0) is 57.6 Å². The highest BCUT2D eigenvalue weighted by Crippen LogP contribution is 2.43. The minimum atomic E-state index is -4.67. The van der Waals surface area contributed by atoms with E-state index in [1.54, 1.807) is 39.0 Å². The number of hydrogen-bond acceptors (Lipinski definition) is 6. The maximum absolute atomic E-state index is 14.4. The first-order valence-electron chi connectivity index (χ1n) is 13.4. The predicted octanol–water partition coefficient (Wildman–Crippen LogP) is 6.64. The summed E-state index contributed by atoms with van der Waals surface area (Å²) in [7, 11) is 0. The zero-order chi connectivity index (χ0) is 30.9. The van der Waals surface area contributed by atoms with Crippen LogP contribution in [-0.2, 0) is 4.79 Å². The molecule has 7 nitrogen and oxygen atoms in total. The molecule has 0 bridgehead atoms. The molecule has 0 radical (unpaired) electrons. The van der Waals surface area contributed by atoms with Crippen molar-refractivity contribution in [3.63, 3.8) is 0 Å². The van der Waals surface area contributed by atoms with E-state index in [1.165, 1.54) is 24.6 Å². The van der Waals surface area contributed by atoms with Crippen LogP contribution in [0.15, 0.2) is 75.8 Å². The molecule has 2 rings (SSSR count). The number of nitrogens with one attached hydrogen (secondary N) is 3. The fourth-order valence-electron chi connectivity index (χ4n) is 3.93. The number of aliphatic imine (C=N–C) groups is 1. The van der Waals surface area contributed by atoms with Crippen LogP contribution < -0.4 is 21.7 Å². The van der Waals surface area contributed by atoms with E-state index in [0.29, 0.717) is 18.1 Å². The number of carboxylic acid groups (broad SMARTS) is 1. The monoisotopic (exact) mass is 587 g/mol. The molecular weight excluding hydrogens is 543 g/mol. The van der Waals surface area contributed by atoms with Gasteiger partial charge in [-0.2, -0.15) is 13.2 Å². The Bertz CT molecular complexity index is 1000. The maximum Gasteiger partial charge on any atom is 0.412 e. The largest absolute Gasteiger partial charge is 0.483 e. The third-order valence-corrected chi connectivity index (χ3v) is 6.71. The molecule has 1 aliphatic carbocycles. The van der Waals surface area contributed by atoms with Crippen LogP contribution in [0.2, 0.25) is 0 Å². The van der Waals surface area contributed by atoms with E-state index in [4.69, 9.17) is 27.2 Å². The van der Waals surface area contributed by atoms with Gasteiger partial charge in [0.2, 0.25) is 0 Å². The Morgan fingerprint density at radius 2 is 1.95 bits per heavy atom. The minimum Gasteiger partial charge on any atom is -0.483 e. The first kappa shape index (κ1) is 37.0. The van der Waals surface area contributed by atoms with Gasteiger partial charge < -0.3 is 26.8 Å². The highest BCUT2D eigenvalue weighted by Gasteiger charge is 2.45. The molecule has 40 heavy (non-hydrogen) atoms. The molecule has 0 saturated heterocycles. The van der Waals surface area contributed by atoms with Crippen molar-refractivity contribution >= 4 is 23.9 Å². The van der Waals surface area contributed by atoms with E-state index in [0.717, 1.165) is 19.3 Å². The van der Waals surface area contributed by atoms with Crippen LogP contribution in [0.5, 0.6) is 0 Å². The van der Waals surface area contributed by atoms with Crippen molar-refractivity contribution in [2.24, 2.45) is 16.1 Å². The van der Waals surface area contributed by atoms with E-state index in [2.05, 4.69) is 34.4 Å². The summed E-state index contributed by atoms with van der Waals surface area (Å²) in [5.41, 5.74) is 6.65. The van der Waals surface area contributed by atoms with Crippen molar-refractivity contribution in [2.45, 2.75) is 85.5 Å². The third kappa shape index (κ3) is 12.0. The molecule has 0 aromatic rings. The van der Waals surface area contributed by atoms with Gasteiger partial charge in [-0.25, -0.2) is 4.99 Å². The van der Waals surface area contributed by atoms with Gasteiger partial charge in [0.15, 0.2) is 6.04 Å². The van der Waals surface area contributed by atoms with E-state index in [-0.39, 0.29) is 34.0 Å². The number of hydrogen-bond donors (Lipinski definition) is 5. The Balaban J connectivity index is 0.00000284. The summed E-state index contributed by atoms with van der Waals surface area (Å²) in [5, 5.41) is 15.8. The van der Waals surface area contributed by atoms with Crippen molar-refractivity contribution in [1.29, 1.82) is 0 Å². The van der Waals surface area contributed by atoms with Gasteiger partial charge in [-0.1, -0.05) is 63.6 Å². The molecule has 2 aliphatic rings. The van der Waals surface area contributed by atoms with Crippen LogP contribution in [-0.4, -0.2) is 42.2 Å². The smallest absolute Gasteiger partial charge is 0.412 e. The fraction of sp³-hybridized carbons (Fsp3) is 0.517. The molecule has 0 aromatic heterocycles. The molecule has 6 N–H and O–H groups in total. The van der Waals surface area contributed by atoms with Crippen LogP contribution in [0.1, 0.15) is 67.2 Å². The number of rotatable bonds is 11. The molecule has 1 aliphatic heterocycles. The molecule has 1 fully saturated rings. The second kappa shape index (κ2) is 18.4. The third-order valence-electron chi connectivity index (χ3n) is 6.38. The predicted molar refractivity (Wildman–Crippen MR) is 160 cm³/mol. The summed E-state index contributed by atoms with van der Waals surface area (Å²) in [6, 6.07) is -2.78. The summed E-state index contributed by atoms with van der Waals surface area (Å²) in [5.74, 6) is 0.479. The lowest BCUT2D eigenvalue weighted by atomic mass is 9.67. The molecule has 2 unspecified atom stereocenters. The van der Waals surface area contributed by atoms with E-state index in [9.17, 15) is 13.2 Å². The van der Waals surface area contributed by atoms with Gasteiger partial charge >= 0.3 is 6.18 Å². The number of halogens is 4. The molecule has 1 heterocycles. The molecule has 11 heteroatoms. The summed E-state index contributed by atoms with van der Waals surface area (Å²) < 4.78 is 43.3. The Kier molecular flexibility index (Phi) is 17.0. The minimum absolute atomic E-state index is 0.0176. The van der Waals surface area contributed by atoms with Crippen molar-refractivity contribution in [1.82, 2.24) is 16.0 Å². The summed E-state index contributed by atoms with van der Waals surface area (Å²) in [6.45, 7) is 15.6. The topological polar surface area (TPSA) is 112 Å². The molecule has 2 atom stereocenters. The van der Waals surface area contributed by atoms with Crippen molar-refractivity contribution < 1.29 is 23.1 Å². The van der Waals surface area contributed by atoms with E-state index >= 15 is 0 Å². The maximum atomic E-state index is 14.4. The average molecular weight is 588 g/mol. The molecule has 226 valence electrons. The molecule has 1 saturated carbocycles. The molecular formula is C29H45ClF3N5O2. The van der Waals surface area contributed by atoms with Crippen LogP contribution in [0, 0.1) is 5.41 Å². The fourth-order valence-corrected chi connectivity index (χ4v) is 4.04. The van der Waals surface area contributed by atoms with Crippen LogP contribution in [0.4, 0.5) is 13.2 Å². The normalized spacial score (nSPS) is 18.9. The Morgan fingerprint density at radius 1 is 1.35 bits per heavy atom. The zero-order valence-electron chi connectivity index (χ0n) is 24.3. The molecule has 0 spiro atoms. The first-order chi connectivity index (χ1) is 18.9. The van der Waals surface area contributed by atoms with Gasteiger partial charge in [0, 0.05) is 40.7 Å². The quantitative estimate of drug-likeness (QED) is 0.137. The number of alkyl halides is 3. The van der Waals surface area contributed by atoms with Gasteiger partial charge in [-0.15, -0.1) is 0 Å². The standard InChI is InChI=1S/C26H37ClF3N5.C2H6.CH2O2/c1-6-9-11-21(18(5)31)34-23(26(28,29)30)20(15-19(27)7-2)24-33-17(4)14-22(35-24)32-16-25(8-3)12-10-13-25;1-2;2-1-3/h6-7,9,11,14-15,18,23,32,34H,4,8,10,12-13,16,31H2,1-3,5H3,(H,33,35);1-2H3;1H,(H,2,3)/b9-6-,19-7+,20-15-,21-11+;;. The molecule has 0 aromatic carbocycles. The lowest BCUT2D eigenvalue weighted by Gasteiger charge is -2.41. The number of amidine groups is 1. The Morgan fingerprint density at radius 3 is 2.38 bits per heavy atom. The second-order valence-electron chi connectivity index (χ2n) is 9.13.